The molecule has 8 rings (SSSR count). The molecule has 0 saturated heterocycles. The van der Waals surface area contributed by atoms with Gasteiger partial charge in [-0.15, -0.1) is 0 Å². The zero-order chi connectivity index (χ0) is 30.3. The fourth-order valence-corrected chi connectivity index (χ4v) is 4.94. The summed E-state index contributed by atoms with van der Waals surface area (Å²) in [6, 6.07) is 7.37. The van der Waals surface area contributed by atoms with Gasteiger partial charge < -0.3 is 31.8 Å². The molecule has 6 aromatic heterocycles. The van der Waals surface area contributed by atoms with Crippen molar-refractivity contribution in [1.29, 1.82) is 0 Å². The molecule has 1 amide bonds. The lowest BCUT2D eigenvalue weighted by Gasteiger charge is -2.16. The van der Waals surface area contributed by atoms with Gasteiger partial charge in [-0.2, -0.15) is 0 Å². The molecule has 7 aromatic rings. The summed E-state index contributed by atoms with van der Waals surface area (Å²) >= 11 is 2.24. The molecule has 1 aromatic carbocycles. The Kier molecular flexibility index (Phi) is 6.70. The predicted octanol–water partition coefficient (Wildman–Crippen LogP) is 6.17. The van der Waals surface area contributed by atoms with Gasteiger partial charge >= 0.3 is 0 Å². The summed E-state index contributed by atoms with van der Waals surface area (Å²) in [7, 11) is 0. The van der Waals surface area contributed by atoms with Gasteiger partial charge in [-0.25, -0.2) is 29.9 Å². The first kappa shape index (κ1) is 27.0. The van der Waals surface area contributed by atoms with E-state index in [2.05, 4.69) is 57.8 Å². The van der Waals surface area contributed by atoms with Crippen LogP contribution in [0.15, 0.2) is 94.4 Å². The average molecular weight is 715 g/mol. The molecule has 0 radical (unpaired) electrons. The molecule has 1 aliphatic heterocycles. The number of allylic oxidation sites excluding steroid dienone is 1. The summed E-state index contributed by atoms with van der Waals surface area (Å²) in [5.41, 5.74) is 2.89. The maximum Gasteiger partial charge on any atom is 0.273 e. The third-order valence-electron chi connectivity index (χ3n) is 6.79. The topological polar surface area (TPSA) is 185 Å². The molecule has 0 spiro atoms. The van der Waals surface area contributed by atoms with E-state index >= 15 is 0 Å². The van der Waals surface area contributed by atoms with Crippen molar-refractivity contribution < 1.29 is 31.3 Å². The quantitative estimate of drug-likeness (QED) is 0.201. The van der Waals surface area contributed by atoms with Crippen LogP contribution in [0.4, 0.5) is 0 Å². The molecule has 0 fully saturated rings. The molecule has 0 aliphatic carbocycles. The molecule has 1 aliphatic rings. The van der Waals surface area contributed by atoms with Gasteiger partial charge in [0.1, 0.15) is 43.3 Å². The van der Waals surface area contributed by atoms with Crippen molar-refractivity contribution in [3.8, 4) is 46.3 Å². The highest BCUT2D eigenvalue weighted by molar-refractivity contribution is 14.1. The maximum absolute atomic E-state index is 13.4. The average Bonchev–Trinajstić information content (AvgIpc) is 3.87. The van der Waals surface area contributed by atoms with Crippen molar-refractivity contribution in [2.75, 3.05) is 0 Å². The number of hydrogen-bond donors (Lipinski definition) is 1. The Labute approximate surface area is 265 Å². The second-order valence-electron chi connectivity index (χ2n) is 9.85. The van der Waals surface area contributed by atoms with Gasteiger partial charge in [0, 0.05) is 9.99 Å². The van der Waals surface area contributed by atoms with Crippen LogP contribution in [-0.4, -0.2) is 35.8 Å². The Hall–Kier alpha value is -5.58. The van der Waals surface area contributed by atoms with Gasteiger partial charge in [-0.1, -0.05) is 18.2 Å². The van der Waals surface area contributed by atoms with Gasteiger partial charge in [0.2, 0.25) is 29.5 Å². The second kappa shape index (κ2) is 11.2. The van der Waals surface area contributed by atoms with Gasteiger partial charge in [0.05, 0.1) is 6.04 Å². The van der Waals surface area contributed by atoms with Crippen LogP contribution in [0.2, 0.25) is 0 Å². The minimum absolute atomic E-state index is 0.0438. The fourth-order valence-electron chi connectivity index (χ4n) is 4.58. The summed E-state index contributed by atoms with van der Waals surface area (Å²) in [4.78, 5) is 40.1. The Bertz CT molecular complexity index is 2160. The summed E-state index contributed by atoms with van der Waals surface area (Å²) in [6.07, 6.45) is 12.6. The highest BCUT2D eigenvalue weighted by atomic mass is 127. The standard InChI is InChI=1S/C30H18IN7O7/c31-16-6-4-15(5-7-16)8-17-18-9-42-29(35-18)22-13-44-27(37-22)20-11-40-24(32-20)2-1-3-25-33-21(12-41-25)28-38-23(14-45-28)30-36-19(10-43-30)26(39)34-17/h1,3-7,9-14,17H,2,8H2,(H,34,39)/b3-1+. The fraction of sp³-hybridized carbons (Fsp3) is 0.100. The number of aromatic nitrogens is 6. The van der Waals surface area contributed by atoms with E-state index in [-0.39, 0.29) is 35.0 Å². The summed E-state index contributed by atoms with van der Waals surface area (Å²) in [6.45, 7) is 0. The number of rotatable bonds is 2. The number of carbonyl (C=O) groups excluding carboxylic acids is 1. The second-order valence-corrected chi connectivity index (χ2v) is 11.1. The molecule has 15 heteroatoms. The monoisotopic (exact) mass is 715 g/mol. The molecular weight excluding hydrogens is 697 g/mol. The lowest BCUT2D eigenvalue weighted by atomic mass is 10.0. The zero-order valence-corrected chi connectivity index (χ0v) is 25.0. The minimum Gasteiger partial charge on any atom is -0.448 e. The maximum atomic E-state index is 13.4. The van der Waals surface area contributed by atoms with E-state index in [0.717, 1.165) is 9.13 Å². The molecule has 45 heavy (non-hydrogen) atoms. The Morgan fingerprint density at radius 1 is 0.667 bits per heavy atom. The van der Waals surface area contributed by atoms with Crippen molar-refractivity contribution in [3.63, 3.8) is 0 Å². The number of benzene rings is 1. The summed E-state index contributed by atoms with van der Waals surface area (Å²) in [5.74, 6) is 0.987. The van der Waals surface area contributed by atoms with Crippen molar-refractivity contribution in [3.05, 3.63) is 100 Å². The van der Waals surface area contributed by atoms with Gasteiger partial charge in [-0.3, -0.25) is 4.79 Å². The van der Waals surface area contributed by atoms with Crippen LogP contribution < -0.4 is 5.32 Å². The molecule has 14 nitrogen and oxygen atoms in total. The van der Waals surface area contributed by atoms with Crippen molar-refractivity contribution in [1.82, 2.24) is 35.2 Å². The molecular formula is C30H18IN7O7. The molecule has 222 valence electrons. The van der Waals surface area contributed by atoms with Crippen LogP contribution in [0, 0.1) is 3.57 Å². The Morgan fingerprint density at radius 2 is 1.24 bits per heavy atom. The molecule has 1 unspecified atom stereocenters. The van der Waals surface area contributed by atoms with E-state index in [1.54, 1.807) is 12.2 Å². The van der Waals surface area contributed by atoms with Crippen molar-refractivity contribution in [2.24, 2.45) is 0 Å². The SMILES string of the molecule is O=C1NC(Cc2ccc(I)cc2)c2coc(n2)-c2coc(n2)-c2coc(n2)C/C=C/c2nc(co2)-c2nc(co2)-c2nc1co2. The first-order chi connectivity index (χ1) is 22.0. The number of oxazole rings is 6. The van der Waals surface area contributed by atoms with Crippen LogP contribution >= 0.6 is 22.6 Å². The number of hydrogen-bond acceptors (Lipinski definition) is 13. The number of amides is 1. The van der Waals surface area contributed by atoms with E-state index in [4.69, 9.17) is 26.5 Å². The highest BCUT2D eigenvalue weighted by Crippen LogP contribution is 2.28. The van der Waals surface area contributed by atoms with Gasteiger partial charge in [-0.05, 0) is 52.8 Å². The van der Waals surface area contributed by atoms with Crippen LogP contribution in [0.3, 0.4) is 0 Å². The van der Waals surface area contributed by atoms with Gasteiger partial charge in [0.15, 0.2) is 34.4 Å². The smallest absolute Gasteiger partial charge is 0.273 e. The largest absolute Gasteiger partial charge is 0.448 e. The molecule has 1 N–H and O–H groups in total. The van der Waals surface area contributed by atoms with Crippen LogP contribution in [-0.2, 0) is 12.8 Å². The van der Waals surface area contributed by atoms with E-state index in [0.29, 0.717) is 47.4 Å². The number of nitrogens with one attached hydrogen (secondary N) is 1. The Balaban J connectivity index is 1.17. The first-order valence-electron chi connectivity index (χ1n) is 13.5. The number of nitrogens with zero attached hydrogens (tertiary/aromatic N) is 6. The van der Waals surface area contributed by atoms with Crippen LogP contribution in [0.5, 0.6) is 0 Å². The van der Waals surface area contributed by atoms with E-state index < -0.39 is 11.9 Å². The summed E-state index contributed by atoms with van der Waals surface area (Å²) < 4.78 is 34.8. The molecule has 12 bridgehead atoms. The highest BCUT2D eigenvalue weighted by Gasteiger charge is 2.25. The predicted molar refractivity (Wildman–Crippen MR) is 161 cm³/mol. The summed E-state index contributed by atoms with van der Waals surface area (Å²) in [5, 5.41) is 3.00. The van der Waals surface area contributed by atoms with Crippen LogP contribution in [0.25, 0.3) is 52.4 Å². The molecule has 7 heterocycles. The van der Waals surface area contributed by atoms with Crippen molar-refractivity contribution in [2.45, 2.75) is 18.9 Å². The van der Waals surface area contributed by atoms with Gasteiger partial charge in [0.25, 0.3) is 5.91 Å². The van der Waals surface area contributed by atoms with Crippen molar-refractivity contribution >= 4 is 34.6 Å². The van der Waals surface area contributed by atoms with Crippen LogP contribution in [0.1, 0.15) is 39.6 Å². The minimum atomic E-state index is -0.585. The zero-order valence-electron chi connectivity index (χ0n) is 22.8. The first-order valence-corrected chi connectivity index (χ1v) is 14.6. The number of fused-ring (bicyclic) bond motifs is 16. The van der Waals surface area contributed by atoms with E-state index in [1.165, 1.54) is 37.6 Å². The van der Waals surface area contributed by atoms with E-state index in [9.17, 15) is 4.79 Å². The lowest BCUT2D eigenvalue weighted by Crippen LogP contribution is -2.30. The third-order valence-corrected chi connectivity index (χ3v) is 7.50. The van der Waals surface area contributed by atoms with E-state index in [1.807, 2.05) is 24.3 Å². The third kappa shape index (κ3) is 5.48. The number of carbonyl (C=O) groups is 1. The Morgan fingerprint density at radius 3 is 2.00 bits per heavy atom. The normalized spacial score (nSPS) is 15.4. The molecule has 0 saturated carbocycles. The number of halogens is 1. The lowest BCUT2D eigenvalue weighted by molar-refractivity contribution is 0.0930. The molecule has 1 atom stereocenters.